The summed E-state index contributed by atoms with van der Waals surface area (Å²) in [5.74, 6) is -0.759. The number of benzene rings is 5. The molecule has 2 amide bonds. The van der Waals surface area contributed by atoms with Crippen LogP contribution in [-0.2, 0) is 6.54 Å². The number of hydrogen-bond acceptors (Lipinski definition) is 2. The third-order valence-electron chi connectivity index (χ3n) is 6.22. The van der Waals surface area contributed by atoms with Crippen LogP contribution in [-0.4, -0.2) is 11.8 Å². The lowest BCUT2D eigenvalue weighted by Crippen LogP contribution is -2.23. The Morgan fingerprint density at radius 2 is 1.26 bits per heavy atom. The van der Waals surface area contributed by atoms with Gasteiger partial charge in [-0.15, -0.1) is 0 Å². The van der Waals surface area contributed by atoms with Crippen LogP contribution in [0.25, 0.3) is 22.3 Å². The maximum absolute atomic E-state index is 13.2. The fourth-order valence-electron chi connectivity index (χ4n) is 4.23. The number of amides is 2. The minimum atomic E-state index is -0.270. The summed E-state index contributed by atoms with van der Waals surface area (Å²) in [5, 5.41) is 5.84. The van der Waals surface area contributed by atoms with Crippen LogP contribution in [0.4, 0.5) is 10.1 Å². The second-order valence-electron chi connectivity index (χ2n) is 8.83. The number of anilines is 1. The Morgan fingerprint density at radius 1 is 0.605 bits per heavy atom. The van der Waals surface area contributed by atoms with Gasteiger partial charge in [0.1, 0.15) is 5.82 Å². The van der Waals surface area contributed by atoms with E-state index in [-0.39, 0.29) is 17.6 Å². The standard InChI is InChI=1S/C33H25FN2O2/c34-28-19-17-25(18-20-28)24-15-13-23(14-16-24)22-35-32(37)27-9-6-10-29(21-27)36-33(38)31-12-5-4-11-30(31)26-7-2-1-3-8-26/h1-21H,22H2,(H,35,37)(H,36,38). The van der Waals surface area contributed by atoms with Gasteiger partial charge in [0.2, 0.25) is 0 Å². The molecule has 0 spiro atoms. The lowest BCUT2D eigenvalue weighted by atomic mass is 9.99. The molecule has 0 aliphatic heterocycles. The van der Waals surface area contributed by atoms with E-state index in [4.69, 9.17) is 0 Å². The molecule has 0 unspecified atom stereocenters. The molecule has 0 bridgehead atoms. The van der Waals surface area contributed by atoms with E-state index in [0.29, 0.717) is 23.4 Å². The highest BCUT2D eigenvalue weighted by Crippen LogP contribution is 2.25. The summed E-state index contributed by atoms with van der Waals surface area (Å²) in [6, 6.07) is 38.1. The predicted molar refractivity (Wildman–Crippen MR) is 149 cm³/mol. The molecule has 38 heavy (non-hydrogen) atoms. The fourth-order valence-corrected chi connectivity index (χ4v) is 4.23. The van der Waals surface area contributed by atoms with Gasteiger partial charge in [-0.05, 0) is 64.2 Å². The third-order valence-corrected chi connectivity index (χ3v) is 6.22. The van der Waals surface area contributed by atoms with Crippen LogP contribution in [0.3, 0.4) is 0 Å². The molecule has 0 radical (unpaired) electrons. The third kappa shape index (κ3) is 5.85. The van der Waals surface area contributed by atoms with Gasteiger partial charge in [-0.2, -0.15) is 0 Å². The van der Waals surface area contributed by atoms with Gasteiger partial charge < -0.3 is 10.6 Å². The van der Waals surface area contributed by atoms with E-state index in [1.165, 1.54) is 12.1 Å². The molecule has 0 saturated heterocycles. The molecule has 2 N–H and O–H groups in total. The van der Waals surface area contributed by atoms with Crippen LogP contribution in [0, 0.1) is 5.82 Å². The zero-order valence-corrected chi connectivity index (χ0v) is 20.5. The number of halogens is 1. The van der Waals surface area contributed by atoms with Crippen molar-refractivity contribution in [3.8, 4) is 22.3 Å². The Hall–Kier alpha value is -5.03. The number of carbonyl (C=O) groups is 2. The molecule has 186 valence electrons. The molecule has 4 nitrogen and oxygen atoms in total. The highest BCUT2D eigenvalue weighted by Gasteiger charge is 2.14. The topological polar surface area (TPSA) is 58.2 Å². The summed E-state index contributed by atoms with van der Waals surface area (Å²) in [6.45, 7) is 0.351. The molecule has 0 aliphatic rings. The molecule has 0 aromatic heterocycles. The lowest BCUT2D eigenvalue weighted by molar-refractivity contribution is 0.0949. The Morgan fingerprint density at radius 3 is 2.00 bits per heavy atom. The van der Waals surface area contributed by atoms with Crippen molar-refractivity contribution < 1.29 is 14.0 Å². The van der Waals surface area contributed by atoms with Gasteiger partial charge in [0.15, 0.2) is 0 Å². The molecule has 0 fully saturated rings. The Kier molecular flexibility index (Phi) is 7.37. The highest BCUT2D eigenvalue weighted by atomic mass is 19.1. The summed E-state index contributed by atoms with van der Waals surface area (Å²) < 4.78 is 13.2. The van der Waals surface area contributed by atoms with Crippen molar-refractivity contribution in [2.75, 3.05) is 5.32 Å². The van der Waals surface area contributed by atoms with Crippen LogP contribution in [0.1, 0.15) is 26.3 Å². The Balaban J connectivity index is 1.23. The van der Waals surface area contributed by atoms with E-state index < -0.39 is 0 Å². The lowest BCUT2D eigenvalue weighted by Gasteiger charge is -2.12. The van der Waals surface area contributed by atoms with Crippen molar-refractivity contribution in [3.63, 3.8) is 0 Å². The summed E-state index contributed by atoms with van der Waals surface area (Å²) in [4.78, 5) is 25.9. The van der Waals surface area contributed by atoms with E-state index in [9.17, 15) is 14.0 Å². The van der Waals surface area contributed by atoms with Gasteiger partial charge in [-0.25, -0.2) is 4.39 Å². The summed E-state index contributed by atoms with van der Waals surface area (Å²) in [6.07, 6.45) is 0. The van der Waals surface area contributed by atoms with E-state index in [1.807, 2.05) is 72.8 Å². The second-order valence-corrected chi connectivity index (χ2v) is 8.83. The first-order valence-corrected chi connectivity index (χ1v) is 12.3. The van der Waals surface area contributed by atoms with Gasteiger partial charge in [-0.1, -0.05) is 91.0 Å². The molecular weight excluding hydrogens is 475 g/mol. The van der Waals surface area contributed by atoms with Gasteiger partial charge in [0.25, 0.3) is 11.8 Å². The smallest absolute Gasteiger partial charge is 0.256 e. The molecule has 5 rings (SSSR count). The van der Waals surface area contributed by atoms with E-state index in [1.54, 1.807) is 42.5 Å². The average Bonchev–Trinajstić information content (AvgIpc) is 2.97. The molecule has 0 saturated carbocycles. The van der Waals surface area contributed by atoms with Crippen LogP contribution >= 0.6 is 0 Å². The number of hydrogen-bond donors (Lipinski definition) is 2. The summed E-state index contributed by atoms with van der Waals surface area (Å²) in [5.41, 5.74) is 6.16. The van der Waals surface area contributed by atoms with Gasteiger partial charge in [0, 0.05) is 23.4 Å². The van der Waals surface area contributed by atoms with Gasteiger partial charge in [-0.3, -0.25) is 9.59 Å². The van der Waals surface area contributed by atoms with Crippen LogP contribution in [0.15, 0.2) is 127 Å². The van der Waals surface area contributed by atoms with Crippen molar-refractivity contribution in [2.45, 2.75) is 6.54 Å². The largest absolute Gasteiger partial charge is 0.348 e. The van der Waals surface area contributed by atoms with Crippen molar-refractivity contribution in [2.24, 2.45) is 0 Å². The van der Waals surface area contributed by atoms with Crippen LogP contribution in [0.5, 0.6) is 0 Å². The molecule has 0 aliphatic carbocycles. The molecule has 0 atom stereocenters. The predicted octanol–water partition coefficient (Wildman–Crippen LogP) is 7.34. The maximum Gasteiger partial charge on any atom is 0.256 e. The van der Waals surface area contributed by atoms with Gasteiger partial charge >= 0.3 is 0 Å². The van der Waals surface area contributed by atoms with Crippen molar-refractivity contribution in [1.82, 2.24) is 5.32 Å². The highest BCUT2D eigenvalue weighted by molar-refractivity contribution is 6.09. The number of nitrogens with one attached hydrogen (secondary N) is 2. The first kappa shape index (κ1) is 24.7. The molecule has 5 aromatic carbocycles. The molecular formula is C33H25FN2O2. The zero-order valence-electron chi connectivity index (χ0n) is 20.5. The quantitative estimate of drug-likeness (QED) is 0.246. The van der Waals surface area contributed by atoms with Crippen molar-refractivity contribution in [1.29, 1.82) is 0 Å². The number of carbonyl (C=O) groups excluding carboxylic acids is 2. The normalized spacial score (nSPS) is 10.6. The SMILES string of the molecule is O=C(NCc1ccc(-c2ccc(F)cc2)cc1)c1cccc(NC(=O)c2ccccc2-c2ccccc2)c1. The summed E-state index contributed by atoms with van der Waals surface area (Å²) in [7, 11) is 0. The van der Waals surface area contributed by atoms with Gasteiger partial charge in [0.05, 0.1) is 0 Å². The first-order chi connectivity index (χ1) is 18.6. The number of rotatable bonds is 7. The molecule has 5 heteroatoms. The van der Waals surface area contributed by atoms with Crippen molar-refractivity contribution >= 4 is 17.5 Å². The van der Waals surface area contributed by atoms with Crippen molar-refractivity contribution in [3.05, 3.63) is 150 Å². The van der Waals surface area contributed by atoms with E-state index >= 15 is 0 Å². The minimum Gasteiger partial charge on any atom is -0.348 e. The fraction of sp³-hybridized carbons (Fsp3) is 0.0303. The second kappa shape index (κ2) is 11.4. The Labute approximate surface area is 220 Å². The molecule has 5 aromatic rings. The minimum absolute atomic E-state index is 0.242. The summed E-state index contributed by atoms with van der Waals surface area (Å²) >= 11 is 0. The Bertz CT molecular complexity index is 1560. The first-order valence-electron chi connectivity index (χ1n) is 12.3. The van der Waals surface area contributed by atoms with E-state index in [2.05, 4.69) is 10.6 Å². The zero-order chi connectivity index (χ0) is 26.3. The van der Waals surface area contributed by atoms with Crippen LogP contribution in [0.2, 0.25) is 0 Å². The monoisotopic (exact) mass is 500 g/mol. The molecule has 0 heterocycles. The average molecular weight is 501 g/mol. The van der Waals surface area contributed by atoms with E-state index in [0.717, 1.165) is 27.8 Å². The van der Waals surface area contributed by atoms with Crippen LogP contribution < -0.4 is 10.6 Å². The maximum atomic E-state index is 13.2.